The van der Waals surface area contributed by atoms with E-state index in [9.17, 15) is 0 Å². The molecule has 0 aliphatic heterocycles. The van der Waals surface area contributed by atoms with Crippen molar-refractivity contribution >= 4 is 27.0 Å². The van der Waals surface area contributed by atoms with Gasteiger partial charge in [0.05, 0.1) is 0 Å². The van der Waals surface area contributed by atoms with Gasteiger partial charge in [-0.2, -0.15) is 12.1 Å². The van der Waals surface area contributed by atoms with E-state index in [1.807, 2.05) is 12.1 Å². The van der Waals surface area contributed by atoms with Crippen molar-refractivity contribution in [3.05, 3.63) is 84.4 Å². The third-order valence-electron chi connectivity index (χ3n) is 4.90. The standard InChI is InChI=1S/2C11H9N4.C2H6Si.2ClH.Zr/c2*1-8-4-9-2-3-11(6-10(9)5-8)15-7-12-13-14-15;1-3-2;;;/h2*2-7H,1H3;1-2H3;2*1H;/q2*-1;;;;+2/p-2. The first-order valence-corrected chi connectivity index (χ1v) is 16.9. The molecule has 0 unspecified atom stereocenters. The third-order valence-corrected chi connectivity index (χ3v) is 4.90. The summed E-state index contributed by atoms with van der Waals surface area (Å²) in [4.78, 5) is 0. The molecule has 0 saturated carbocycles. The largest absolute Gasteiger partial charge is 1.00 e. The predicted octanol–water partition coefficient (Wildman–Crippen LogP) is -1.52. The van der Waals surface area contributed by atoms with Gasteiger partial charge in [-0.3, -0.25) is 0 Å². The van der Waals surface area contributed by atoms with Gasteiger partial charge < -0.3 is 24.8 Å². The SMILES string of the molecule is C[Si](C)=[Zr+2].Cc1cc2ccc(-n3cnnn3)cc2[cH-]1.Cc1cc2ccc(-n3cnnn3)cc2[cH-]1.[Cl-].[Cl-]. The minimum absolute atomic E-state index is 0. The van der Waals surface area contributed by atoms with Crippen LogP contribution >= 0.6 is 0 Å². The number of fused-ring (bicyclic) bond motifs is 2. The molecule has 2 heterocycles. The average Bonchev–Trinajstić information content (AvgIpc) is 3.58. The number of hydrogen-bond acceptors (Lipinski definition) is 6. The van der Waals surface area contributed by atoms with Crippen LogP contribution in [-0.4, -0.2) is 45.8 Å². The minimum atomic E-state index is 0. The maximum atomic E-state index is 3.86. The van der Waals surface area contributed by atoms with Gasteiger partial charge in [0.2, 0.25) is 0 Å². The topological polar surface area (TPSA) is 87.2 Å². The fourth-order valence-electron chi connectivity index (χ4n) is 3.55. The molecular weight excluding hydrogens is 591 g/mol. The van der Waals surface area contributed by atoms with Gasteiger partial charge >= 0.3 is 41.9 Å². The zero-order valence-corrected chi connectivity index (χ0v) is 25.2. The summed E-state index contributed by atoms with van der Waals surface area (Å²) in [5.41, 5.74) is 4.73. The van der Waals surface area contributed by atoms with Crippen LogP contribution in [0.15, 0.2) is 73.3 Å². The fourth-order valence-corrected chi connectivity index (χ4v) is 3.55. The maximum Gasteiger partial charge on any atom is 0.142 e. The van der Waals surface area contributed by atoms with E-state index in [1.54, 1.807) is 45.4 Å². The van der Waals surface area contributed by atoms with E-state index < -0.39 is 0 Å². The fraction of sp³-hybridized carbons (Fsp3) is 0.167. The number of halogens is 2. The number of rotatable bonds is 2. The number of benzene rings is 2. The van der Waals surface area contributed by atoms with Gasteiger partial charge in [0.15, 0.2) is 0 Å². The molecule has 12 heteroatoms. The predicted molar refractivity (Wildman–Crippen MR) is 131 cm³/mol. The van der Waals surface area contributed by atoms with Gasteiger partial charge in [0.1, 0.15) is 12.7 Å². The molecule has 2 aromatic heterocycles. The zero-order valence-electron chi connectivity index (χ0n) is 20.3. The summed E-state index contributed by atoms with van der Waals surface area (Å²) in [6.45, 7) is 8.80. The van der Waals surface area contributed by atoms with E-state index >= 15 is 0 Å². The van der Waals surface area contributed by atoms with Crippen molar-refractivity contribution < 1.29 is 48.1 Å². The summed E-state index contributed by atoms with van der Waals surface area (Å²) >= 11 is 1.74. The third kappa shape index (κ3) is 7.74. The Morgan fingerprint density at radius 2 is 1.08 bits per heavy atom. The summed E-state index contributed by atoms with van der Waals surface area (Å²) in [5.74, 6) is 0. The van der Waals surface area contributed by atoms with Gasteiger partial charge in [0.25, 0.3) is 0 Å². The molecule has 8 nitrogen and oxygen atoms in total. The molecule has 0 aliphatic carbocycles. The quantitative estimate of drug-likeness (QED) is 0.174. The Hall–Kier alpha value is -2.52. The average molecular weight is 615 g/mol. The van der Waals surface area contributed by atoms with Crippen molar-refractivity contribution in [2.75, 3.05) is 0 Å². The van der Waals surface area contributed by atoms with Gasteiger partial charge in [-0.15, -0.1) is 79.3 Å². The monoisotopic (exact) mass is 612 g/mol. The van der Waals surface area contributed by atoms with E-state index in [0.29, 0.717) is 0 Å². The van der Waals surface area contributed by atoms with Gasteiger partial charge in [-0.05, 0) is 20.9 Å². The van der Waals surface area contributed by atoms with Crippen molar-refractivity contribution in [3.8, 4) is 11.4 Å². The molecule has 6 rings (SSSR count). The number of aryl methyl sites for hydroxylation is 2. The Morgan fingerprint density at radius 1 is 0.694 bits per heavy atom. The Labute approximate surface area is 237 Å². The molecule has 0 atom stereocenters. The van der Waals surface area contributed by atoms with Crippen LogP contribution < -0.4 is 24.8 Å². The molecule has 0 amide bonds. The normalized spacial score (nSPS) is 9.94. The summed E-state index contributed by atoms with van der Waals surface area (Å²) in [6, 6.07) is 21.0. The first-order chi connectivity index (χ1) is 16.4. The van der Waals surface area contributed by atoms with E-state index in [2.05, 4.69) is 107 Å². The Balaban J connectivity index is 0.000000211. The van der Waals surface area contributed by atoms with Crippen molar-refractivity contribution in [2.24, 2.45) is 0 Å². The van der Waals surface area contributed by atoms with Crippen molar-refractivity contribution in [2.45, 2.75) is 26.9 Å². The van der Waals surface area contributed by atoms with Gasteiger partial charge in [-0.1, -0.05) is 26.0 Å². The van der Waals surface area contributed by atoms with Gasteiger partial charge in [0, 0.05) is 11.4 Å². The van der Waals surface area contributed by atoms with E-state index in [0.717, 1.165) is 11.4 Å². The smallest absolute Gasteiger partial charge is 0.142 e. The molecule has 0 saturated heterocycles. The summed E-state index contributed by atoms with van der Waals surface area (Å²) in [5, 5.41) is 27.1. The van der Waals surface area contributed by atoms with E-state index in [4.69, 9.17) is 0 Å². The number of tetrazole rings is 2. The van der Waals surface area contributed by atoms with Crippen LogP contribution in [0.1, 0.15) is 11.1 Å². The number of aromatic nitrogens is 8. The zero-order chi connectivity index (χ0) is 24.1. The minimum Gasteiger partial charge on any atom is -1.00 e. The molecule has 0 radical (unpaired) electrons. The van der Waals surface area contributed by atoms with E-state index in [1.165, 1.54) is 32.7 Å². The summed E-state index contributed by atoms with van der Waals surface area (Å²) in [7, 11) is 0. The number of hydrogen-bond donors (Lipinski definition) is 0. The van der Waals surface area contributed by atoms with Crippen LogP contribution in [0.2, 0.25) is 13.1 Å². The number of nitrogens with zero attached hydrogens (tertiary/aromatic N) is 8. The molecule has 0 N–H and O–H groups in total. The van der Waals surface area contributed by atoms with Crippen LogP contribution in [0, 0.1) is 13.8 Å². The van der Waals surface area contributed by atoms with Crippen molar-refractivity contribution in [3.63, 3.8) is 0 Å². The van der Waals surface area contributed by atoms with Crippen molar-refractivity contribution in [1.82, 2.24) is 40.4 Å². The van der Waals surface area contributed by atoms with Crippen LogP contribution in [0.5, 0.6) is 0 Å². The first-order valence-electron chi connectivity index (χ1n) is 10.7. The molecule has 6 aromatic rings. The molecular formula is C24H24Cl2N8SiZr-2. The summed E-state index contributed by atoms with van der Waals surface area (Å²) < 4.78 is 3.31. The Morgan fingerprint density at radius 3 is 1.42 bits per heavy atom. The summed E-state index contributed by atoms with van der Waals surface area (Å²) in [6.07, 6.45) is 3.19. The van der Waals surface area contributed by atoms with Crippen LogP contribution in [-0.2, 0) is 23.3 Å². The van der Waals surface area contributed by atoms with Gasteiger partial charge in [-0.25, -0.2) is 9.36 Å². The maximum absolute atomic E-state index is 3.86. The Kier molecular flexibility index (Phi) is 11.3. The second-order valence-electron chi connectivity index (χ2n) is 8.20. The molecule has 0 spiro atoms. The first kappa shape index (κ1) is 29.7. The Bertz CT molecular complexity index is 1410. The molecule has 0 fully saturated rings. The van der Waals surface area contributed by atoms with E-state index in [-0.39, 0.29) is 30.2 Å². The molecule has 0 aliphatic rings. The van der Waals surface area contributed by atoms with Crippen LogP contribution in [0.25, 0.3) is 32.9 Å². The molecule has 184 valence electrons. The second kappa shape index (κ2) is 13.7. The second-order valence-corrected chi connectivity index (χ2v) is 17.6. The molecule has 0 bridgehead atoms. The molecule has 4 aromatic carbocycles. The van der Waals surface area contributed by atoms with Crippen LogP contribution in [0.3, 0.4) is 0 Å². The molecule has 36 heavy (non-hydrogen) atoms. The van der Waals surface area contributed by atoms with Crippen LogP contribution in [0.4, 0.5) is 0 Å². The van der Waals surface area contributed by atoms with Crippen molar-refractivity contribution in [1.29, 1.82) is 0 Å².